The lowest BCUT2D eigenvalue weighted by atomic mass is 10.1. The fourth-order valence-electron chi connectivity index (χ4n) is 3.83. The maximum absolute atomic E-state index is 13.5. The molecule has 3 aromatic heterocycles. The predicted octanol–water partition coefficient (Wildman–Crippen LogP) is 4.49. The van der Waals surface area contributed by atoms with Gasteiger partial charge >= 0.3 is 0 Å². The topological polar surface area (TPSA) is 77.6 Å². The van der Waals surface area contributed by atoms with Crippen LogP contribution in [0, 0.1) is 27.7 Å². The molecular formula is C23H24F2N6O. The molecule has 0 saturated heterocycles. The molecule has 0 saturated carbocycles. The van der Waals surface area contributed by atoms with E-state index in [1.165, 1.54) is 16.3 Å². The van der Waals surface area contributed by atoms with Crippen molar-refractivity contribution in [1.82, 2.24) is 24.5 Å². The van der Waals surface area contributed by atoms with Crippen LogP contribution in [-0.2, 0) is 17.9 Å². The Balaban J connectivity index is 1.53. The van der Waals surface area contributed by atoms with Gasteiger partial charge in [-0.1, -0.05) is 29.8 Å². The second-order valence-electron chi connectivity index (χ2n) is 7.96. The normalized spacial score (nSPS) is 11.5. The first-order valence-electron chi connectivity index (χ1n) is 10.2. The van der Waals surface area contributed by atoms with E-state index in [1.54, 1.807) is 19.9 Å². The molecule has 32 heavy (non-hydrogen) atoms. The Morgan fingerprint density at radius 2 is 1.84 bits per heavy atom. The van der Waals surface area contributed by atoms with Crippen molar-refractivity contribution in [2.45, 2.75) is 47.2 Å². The minimum absolute atomic E-state index is 0.123. The zero-order valence-corrected chi connectivity index (χ0v) is 18.4. The Hall–Kier alpha value is -3.62. The number of hydrogen-bond donors (Lipinski definition) is 1. The highest BCUT2D eigenvalue weighted by Crippen LogP contribution is 2.30. The van der Waals surface area contributed by atoms with Gasteiger partial charge in [0.25, 0.3) is 6.43 Å². The Morgan fingerprint density at radius 3 is 2.56 bits per heavy atom. The number of rotatable bonds is 6. The van der Waals surface area contributed by atoms with Gasteiger partial charge < -0.3 is 5.32 Å². The van der Waals surface area contributed by atoms with E-state index in [0.717, 1.165) is 11.3 Å². The van der Waals surface area contributed by atoms with E-state index < -0.39 is 6.43 Å². The summed E-state index contributed by atoms with van der Waals surface area (Å²) in [5, 5.41) is 11.8. The molecule has 0 aliphatic rings. The third-order valence-electron chi connectivity index (χ3n) is 5.23. The molecule has 9 heteroatoms. The van der Waals surface area contributed by atoms with Gasteiger partial charge in [-0.25, -0.2) is 18.4 Å². The molecule has 0 atom stereocenters. The highest BCUT2D eigenvalue weighted by molar-refractivity contribution is 5.91. The Morgan fingerprint density at radius 1 is 1.06 bits per heavy atom. The summed E-state index contributed by atoms with van der Waals surface area (Å²) in [6.45, 7) is 7.66. The number of hydrogen-bond acceptors (Lipinski definition) is 4. The molecule has 1 amide bonds. The van der Waals surface area contributed by atoms with Gasteiger partial charge in [-0.05, 0) is 39.3 Å². The highest BCUT2D eigenvalue weighted by Gasteiger charge is 2.21. The van der Waals surface area contributed by atoms with Gasteiger partial charge in [0.05, 0.1) is 17.6 Å². The molecule has 3 heterocycles. The summed E-state index contributed by atoms with van der Waals surface area (Å²) in [4.78, 5) is 17.0. The van der Waals surface area contributed by atoms with Gasteiger partial charge in [-0.2, -0.15) is 10.2 Å². The van der Waals surface area contributed by atoms with Crippen LogP contribution in [0.15, 0.2) is 36.4 Å². The smallest absolute Gasteiger partial charge is 0.264 e. The van der Waals surface area contributed by atoms with Crippen molar-refractivity contribution < 1.29 is 13.6 Å². The Bertz CT molecular complexity index is 1310. The number of carbonyl (C=O) groups excluding carboxylic acids is 1. The van der Waals surface area contributed by atoms with Gasteiger partial charge in [0.15, 0.2) is 11.5 Å². The lowest BCUT2D eigenvalue weighted by Gasteiger charge is -2.07. The first-order valence-corrected chi connectivity index (χ1v) is 10.2. The van der Waals surface area contributed by atoms with Crippen molar-refractivity contribution in [3.63, 3.8) is 0 Å². The molecular weight excluding hydrogens is 414 g/mol. The minimum Gasteiger partial charge on any atom is -0.308 e. The van der Waals surface area contributed by atoms with Crippen LogP contribution >= 0.6 is 0 Å². The second-order valence-corrected chi connectivity index (χ2v) is 7.96. The van der Waals surface area contributed by atoms with Crippen molar-refractivity contribution in [2.24, 2.45) is 0 Å². The van der Waals surface area contributed by atoms with Gasteiger partial charge in [-0.15, -0.1) is 0 Å². The number of pyridine rings is 1. The summed E-state index contributed by atoms with van der Waals surface area (Å²) in [6, 6.07) is 11.3. The van der Waals surface area contributed by atoms with Crippen LogP contribution in [-0.4, -0.2) is 30.5 Å². The molecule has 0 bridgehead atoms. The molecule has 0 radical (unpaired) electrons. The number of aryl methyl sites for hydroxylation is 4. The number of benzene rings is 1. The van der Waals surface area contributed by atoms with Crippen molar-refractivity contribution >= 4 is 22.8 Å². The zero-order valence-electron chi connectivity index (χ0n) is 18.4. The van der Waals surface area contributed by atoms with Gasteiger partial charge in [0, 0.05) is 23.0 Å². The molecule has 4 aromatic rings. The van der Waals surface area contributed by atoms with Gasteiger partial charge in [-0.3, -0.25) is 9.48 Å². The molecule has 1 aromatic carbocycles. The summed E-state index contributed by atoms with van der Waals surface area (Å²) in [6.07, 6.45) is -2.65. The van der Waals surface area contributed by atoms with Crippen molar-refractivity contribution in [3.05, 3.63) is 70.2 Å². The van der Waals surface area contributed by atoms with E-state index in [0.29, 0.717) is 23.8 Å². The average Bonchev–Trinajstić information content (AvgIpc) is 3.20. The van der Waals surface area contributed by atoms with Crippen LogP contribution < -0.4 is 5.32 Å². The standard InChI is InChI=1S/C23H24F2N6O/c1-13-6-5-7-17(8-13)11-30-15(3)10-19(29-30)27-20(32)12-31-23-21(16(4)28-31)18(22(24)25)9-14(2)26-23/h5-10,22H,11-12H2,1-4H3,(H,27,29,32). The fourth-order valence-corrected chi connectivity index (χ4v) is 3.83. The third-order valence-corrected chi connectivity index (χ3v) is 5.23. The Kier molecular flexibility index (Phi) is 5.73. The SMILES string of the molecule is Cc1cccc(Cn2nc(NC(=O)Cn3nc(C)c4c(C(F)F)cc(C)nc43)cc2C)c1. The summed E-state index contributed by atoms with van der Waals surface area (Å²) < 4.78 is 30.1. The number of alkyl halides is 2. The highest BCUT2D eigenvalue weighted by atomic mass is 19.3. The molecule has 166 valence electrons. The lowest BCUT2D eigenvalue weighted by Crippen LogP contribution is -2.20. The van der Waals surface area contributed by atoms with E-state index in [1.807, 2.05) is 36.7 Å². The lowest BCUT2D eigenvalue weighted by molar-refractivity contribution is -0.116. The minimum atomic E-state index is -2.65. The number of nitrogens with zero attached hydrogens (tertiary/aromatic N) is 5. The first-order chi connectivity index (χ1) is 15.2. The first kappa shape index (κ1) is 21.6. The predicted molar refractivity (Wildman–Crippen MR) is 118 cm³/mol. The maximum atomic E-state index is 13.5. The second kappa shape index (κ2) is 8.49. The number of amides is 1. The summed E-state index contributed by atoms with van der Waals surface area (Å²) in [5.41, 5.74) is 4.19. The number of halogens is 2. The molecule has 7 nitrogen and oxygen atoms in total. The summed E-state index contributed by atoms with van der Waals surface area (Å²) in [5.74, 6) is 0.0576. The van der Waals surface area contributed by atoms with E-state index >= 15 is 0 Å². The van der Waals surface area contributed by atoms with E-state index in [9.17, 15) is 13.6 Å². The maximum Gasteiger partial charge on any atom is 0.264 e. The monoisotopic (exact) mass is 438 g/mol. The van der Waals surface area contributed by atoms with Crippen LogP contribution in [0.2, 0.25) is 0 Å². The van der Waals surface area contributed by atoms with Crippen LogP contribution in [0.3, 0.4) is 0 Å². The summed E-state index contributed by atoms with van der Waals surface area (Å²) in [7, 11) is 0. The fraction of sp³-hybridized carbons (Fsp3) is 0.304. The molecule has 0 aliphatic carbocycles. The van der Waals surface area contributed by atoms with Crippen LogP contribution in [0.5, 0.6) is 0 Å². The van der Waals surface area contributed by atoms with E-state index in [4.69, 9.17) is 0 Å². The van der Waals surface area contributed by atoms with Crippen molar-refractivity contribution in [2.75, 3.05) is 5.32 Å². The molecule has 0 spiro atoms. The molecule has 0 unspecified atom stereocenters. The summed E-state index contributed by atoms with van der Waals surface area (Å²) >= 11 is 0. The van der Waals surface area contributed by atoms with Crippen molar-refractivity contribution in [3.8, 4) is 0 Å². The number of carbonyl (C=O) groups is 1. The number of nitrogens with one attached hydrogen (secondary N) is 1. The van der Waals surface area contributed by atoms with Crippen LogP contribution in [0.25, 0.3) is 11.0 Å². The number of fused-ring (bicyclic) bond motifs is 1. The molecule has 4 rings (SSSR count). The zero-order chi connectivity index (χ0) is 23.0. The number of anilines is 1. The average molecular weight is 438 g/mol. The van der Waals surface area contributed by atoms with Gasteiger partial charge in [0.2, 0.25) is 5.91 Å². The van der Waals surface area contributed by atoms with Gasteiger partial charge in [0.1, 0.15) is 6.54 Å². The van der Waals surface area contributed by atoms with E-state index in [2.05, 4.69) is 26.6 Å². The van der Waals surface area contributed by atoms with E-state index in [-0.39, 0.29) is 29.0 Å². The molecule has 1 N–H and O–H groups in total. The Labute approximate surface area is 184 Å². The number of aromatic nitrogens is 5. The molecule has 0 aliphatic heterocycles. The van der Waals surface area contributed by atoms with Crippen LogP contribution in [0.1, 0.15) is 40.2 Å². The van der Waals surface area contributed by atoms with Crippen molar-refractivity contribution in [1.29, 1.82) is 0 Å². The molecule has 0 fully saturated rings. The van der Waals surface area contributed by atoms with Crippen LogP contribution in [0.4, 0.5) is 14.6 Å². The largest absolute Gasteiger partial charge is 0.308 e. The quantitative estimate of drug-likeness (QED) is 0.481. The third kappa shape index (κ3) is 4.37.